The van der Waals surface area contributed by atoms with Crippen molar-refractivity contribution < 1.29 is 9.90 Å². The molecule has 1 fully saturated rings. The average molecular weight is 315 g/mol. The van der Waals surface area contributed by atoms with E-state index in [0.29, 0.717) is 5.65 Å². The molecular weight excluding hydrogens is 294 g/mol. The summed E-state index contributed by atoms with van der Waals surface area (Å²) in [6, 6.07) is 3.60. The van der Waals surface area contributed by atoms with Crippen molar-refractivity contribution in [2.75, 3.05) is 6.54 Å². The van der Waals surface area contributed by atoms with Crippen LogP contribution in [0.1, 0.15) is 41.6 Å². The van der Waals surface area contributed by atoms with Gasteiger partial charge in [0.25, 0.3) is 11.5 Å². The van der Waals surface area contributed by atoms with Crippen molar-refractivity contribution in [3.8, 4) is 0 Å². The molecule has 0 radical (unpaired) electrons. The van der Waals surface area contributed by atoms with Crippen LogP contribution in [-0.4, -0.2) is 33.0 Å². The van der Waals surface area contributed by atoms with Gasteiger partial charge in [-0.3, -0.25) is 14.0 Å². The number of nitrogens with one attached hydrogen (secondary N) is 1. The van der Waals surface area contributed by atoms with Crippen molar-refractivity contribution in [1.82, 2.24) is 14.7 Å². The van der Waals surface area contributed by atoms with E-state index in [1.165, 1.54) is 10.6 Å². The first kappa shape index (κ1) is 15.7. The van der Waals surface area contributed by atoms with Gasteiger partial charge in [0.15, 0.2) is 0 Å². The lowest BCUT2D eigenvalue weighted by Crippen LogP contribution is -2.38. The lowest BCUT2D eigenvalue weighted by atomic mass is 10.0. The van der Waals surface area contributed by atoms with Gasteiger partial charge in [-0.15, -0.1) is 0 Å². The number of hydrogen-bond donors (Lipinski definition) is 2. The predicted molar refractivity (Wildman–Crippen MR) is 86.5 cm³/mol. The Morgan fingerprint density at radius 1 is 1.43 bits per heavy atom. The van der Waals surface area contributed by atoms with E-state index < -0.39 is 17.6 Å². The molecule has 6 nitrogen and oxygen atoms in total. The minimum Gasteiger partial charge on any atom is -0.391 e. The van der Waals surface area contributed by atoms with Crippen LogP contribution in [0, 0.1) is 12.8 Å². The van der Waals surface area contributed by atoms with Crippen LogP contribution in [0.15, 0.2) is 29.3 Å². The second-order valence-electron chi connectivity index (χ2n) is 6.23. The Kier molecular flexibility index (Phi) is 4.43. The largest absolute Gasteiger partial charge is 0.391 e. The molecule has 2 aromatic heterocycles. The van der Waals surface area contributed by atoms with Crippen LogP contribution in [0.4, 0.5) is 0 Å². The molecule has 2 heterocycles. The topological polar surface area (TPSA) is 83.7 Å². The van der Waals surface area contributed by atoms with E-state index in [9.17, 15) is 14.7 Å². The fourth-order valence-electron chi connectivity index (χ4n) is 3.14. The standard InChI is InChI=1S/C17H21N3O3/c1-11-6-7-15-18-8-13(17(23)20(15)10-11)16(22)19-9-14(21)12-4-2-3-5-12/h6-8,10,12,14,21H,2-5,9H2,1H3,(H,19,22). The molecule has 1 saturated carbocycles. The van der Waals surface area contributed by atoms with E-state index in [1.807, 2.05) is 13.0 Å². The summed E-state index contributed by atoms with van der Waals surface area (Å²) in [5.41, 5.74) is 1.01. The molecule has 23 heavy (non-hydrogen) atoms. The Morgan fingerprint density at radius 3 is 2.91 bits per heavy atom. The van der Waals surface area contributed by atoms with Gasteiger partial charge in [0.1, 0.15) is 11.2 Å². The number of pyridine rings is 1. The summed E-state index contributed by atoms with van der Waals surface area (Å²) in [7, 11) is 0. The molecule has 1 amide bonds. The molecule has 6 heteroatoms. The summed E-state index contributed by atoms with van der Waals surface area (Å²) in [5, 5.41) is 12.8. The number of aromatic nitrogens is 2. The first-order chi connectivity index (χ1) is 11.1. The van der Waals surface area contributed by atoms with Gasteiger partial charge in [0.05, 0.1) is 6.10 Å². The zero-order chi connectivity index (χ0) is 16.4. The Hall–Kier alpha value is -2.21. The van der Waals surface area contributed by atoms with Crippen LogP contribution in [0.25, 0.3) is 5.65 Å². The summed E-state index contributed by atoms with van der Waals surface area (Å²) in [6.07, 6.45) is 6.65. The monoisotopic (exact) mass is 315 g/mol. The number of amides is 1. The quantitative estimate of drug-likeness (QED) is 0.890. The Labute approximate surface area is 134 Å². The maximum atomic E-state index is 12.4. The van der Waals surface area contributed by atoms with E-state index in [0.717, 1.165) is 31.2 Å². The minimum absolute atomic E-state index is 0.00766. The SMILES string of the molecule is Cc1ccc2ncc(C(=O)NCC(O)C3CCCC3)c(=O)n2c1. The van der Waals surface area contributed by atoms with Crippen molar-refractivity contribution in [1.29, 1.82) is 0 Å². The Balaban J connectivity index is 1.75. The molecule has 2 aromatic rings. The third-order valence-electron chi connectivity index (χ3n) is 4.51. The summed E-state index contributed by atoms with van der Waals surface area (Å²) in [4.78, 5) is 28.8. The molecule has 3 rings (SSSR count). The van der Waals surface area contributed by atoms with Crippen LogP contribution in [0.3, 0.4) is 0 Å². The molecule has 0 saturated heterocycles. The van der Waals surface area contributed by atoms with Gasteiger partial charge < -0.3 is 10.4 Å². The van der Waals surface area contributed by atoms with Crippen LogP contribution in [0.2, 0.25) is 0 Å². The highest BCUT2D eigenvalue weighted by molar-refractivity contribution is 5.93. The number of fused-ring (bicyclic) bond motifs is 1. The first-order valence-corrected chi connectivity index (χ1v) is 8.00. The molecule has 2 N–H and O–H groups in total. The maximum absolute atomic E-state index is 12.4. The Bertz CT molecular complexity index is 778. The number of aliphatic hydroxyl groups excluding tert-OH is 1. The highest BCUT2D eigenvalue weighted by atomic mass is 16.3. The Morgan fingerprint density at radius 2 is 2.17 bits per heavy atom. The van der Waals surface area contributed by atoms with Crippen LogP contribution in [0.5, 0.6) is 0 Å². The van der Waals surface area contributed by atoms with Crippen molar-refractivity contribution >= 4 is 11.6 Å². The minimum atomic E-state index is -0.556. The number of rotatable bonds is 4. The summed E-state index contributed by atoms with van der Waals surface area (Å²) < 4.78 is 1.37. The fraction of sp³-hybridized carbons (Fsp3) is 0.471. The van der Waals surface area contributed by atoms with Crippen molar-refractivity contribution in [2.45, 2.75) is 38.7 Å². The van der Waals surface area contributed by atoms with E-state index in [4.69, 9.17) is 0 Å². The molecule has 0 aromatic carbocycles. The molecule has 1 aliphatic rings. The zero-order valence-corrected chi connectivity index (χ0v) is 13.2. The number of carbonyl (C=O) groups excluding carboxylic acids is 1. The molecule has 0 aliphatic heterocycles. The van der Waals surface area contributed by atoms with Gasteiger partial charge in [0, 0.05) is 18.9 Å². The highest BCUT2D eigenvalue weighted by Gasteiger charge is 2.24. The van der Waals surface area contributed by atoms with Gasteiger partial charge >= 0.3 is 0 Å². The zero-order valence-electron chi connectivity index (χ0n) is 13.2. The molecule has 1 aliphatic carbocycles. The normalized spacial score (nSPS) is 16.6. The van der Waals surface area contributed by atoms with Gasteiger partial charge in [-0.05, 0) is 37.3 Å². The molecule has 0 spiro atoms. The lowest BCUT2D eigenvalue weighted by molar-refractivity contribution is 0.0839. The maximum Gasteiger partial charge on any atom is 0.270 e. The number of hydrogen-bond acceptors (Lipinski definition) is 4. The third kappa shape index (κ3) is 3.27. The smallest absolute Gasteiger partial charge is 0.270 e. The fourth-order valence-corrected chi connectivity index (χ4v) is 3.14. The summed E-state index contributed by atoms with van der Waals surface area (Å²) in [6.45, 7) is 2.04. The third-order valence-corrected chi connectivity index (χ3v) is 4.51. The molecule has 0 bridgehead atoms. The van der Waals surface area contributed by atoms with E-state index in [-0.39, 0.29) is 18.0 Å². The summed E-state index contributed by atoms with van der Waals surface area (Å²) in [5.74, 6) is -0.246. The van der Waals surface area contributed by atoms with Crippen LogP contribution >= 0.6 is 0 Å². The van der Waals surface area contributed by atoms with Gasteiger partial charge in [0.2, 0.25) is 0 Å². The molecule has 1 atom stereocenters. The lowest BCUT2D eigenvalue weighted by Gasteiger charge is -2.17. The molecule has 122 valence electrons. The number of aliphatic hydroxyl groups is 1. The van der Waals surface area contributed by atoms with Crippen LogP contribution < -0.4 is 10.9 Å². The number of carbonyl (C=O) groups is 1. The van der Waals surface area contributed by atoms with Gasteiger partial charge in [-0.2, -0.15) is 0 Å². The predicted octanol–water partition coefficient (Wildman–Crippen LogP) is 1.28. The average Bonchev–Trinajstić information content (AvgIpc) is 3.08. The number of nitrogens with zero attached hydrogens (tertiary/aromatic N) is 2. The second-order valence-corrected chi connectivity index (χ2v) is 6.23. The van der Waals surface area contributed by atoms with Crippen molar-refractivity contribution in [3.05, 3.63) is 46.0 Å². The van der Waals surface area contributed by atoms with Gasteiger partial charge in [-0.1, -0.05) is 18.9 Å². The van der Waals surface area contributed by atoms with E-state index >= 15 is 0 Å². The van der Waals surface area contributed by atoms with Gasteiger partial charge in [-0.25, -0.2) is 4.98 Å². The summed E-state index contributed by atoms with van der Waals surface area (Å²) >= 11 is 0. The van der Waals surface area contributed by atoms with Crippen molar-refractivity contribution in [2.24, 2.45) is 5.92 Å². The molecular formula is C17H21N3O3. The van der Waals surface area contributed by atoms with E-state index in [2.05, 4.69) is 10.3 Å². The number of aryl methyl sites for hydroxylation is 1. The van der Waals surface area contributed by atoms with E-state index in [1.54, 1.807) is 12.3 Å². The van der Waals surface area contributed by atoms with Crippen LogP contribution in [-0.2, 0) is 0 Å². The highest BCUT2D eigenvalue weighted by Crippen LogP contribution is 2.27. The first-order valence-electron chi connectivity index (χ1n) is 8.00. The second kappa shape index (κ2) is 6.50. The van der Waals surface area contributed by atoms with Crippen molar-refractivity contribution in [3.63, 3.8) is 0 Å². The molecule has 1 unspecified atom stereocenters.